The number of aliphatic imine (C=N–C) groups is 1. The molecule has 25 heavy (non-hydrogen) atoms. The first kappa shape index (κ1) is 16.8. The number of nitrogens with zero attached hydrogens (tertiary/aromatic N) is 2. The first-order chi connectivity index (χ1) is 11.8. The van der Waals surface area contributed by atoms with Crippen LogP contribution in [0.4, 0.5) is 0 Å². The molecule has 0 radical (unpaired) electrons. The Morgan fingerprint density at radius 2 is 2.20 bits per heavy atom. The zero-order valence-electron chi connectivity index (χ0n) is 15.0. The summed E-state index contributed by atoms with van der Waals surface area (Å²) in [7, 11) is -0.852. The summed E-state index contributed by atoms with van der Waals surface area (Å²) in [5, 5.41) is -0.225. The fourth-order valence-electron chi connectivity index (χ4n) is 4.09. The normalized spacial score (nSPS) is 34.4. The van der Waals surface area contributed by atoms with Crippen LogP contribution in [0, 0.1) is 5.92 Å². The second-order valence-electron chi connectivity index (χ2n) is 7.74. The highest BCUT2D eigenvalue weighted by Gasteiger charge is 2.49. The quantitative estimate of drug-likeness (QED) is 0.840. The summed E-state index contributed by atoms with van der Waals surface area (Å²) < 4.78 is 20.9. The van der Waals surface area contributed by atoms with Crippen molar-refractivity contribution in [3.8, 4) is 5.75 Å². The van der Waals surface area contributed by atoms with Gasteiger partial charge in [-0.05, 0) is 55.7 Å². The van der Waals surface area contributed by atoms with Gasteiger partial charge in [0.05, 0.1) is 21.6 Å². The molecule has 136 valence electrons. The molecule has 0 aromatic heterocycles. The van der Waals surface area contributed by atoms with Gasteiger partial charge in [0.25, 0.3) is 0 Å². The minimum Gasteiger partial charge on any atom is -0.493 e. The van der Waals surface area contributed by atoms with Gasteiger partial charge in [-0.1, -0.05) is 18.9 Å². The Hall–Kier alpha value is -1.69. The zero-order chi connectivity index (χ0) is 17.8. The Kier molecular flexibility index (Phi) is 3.79. The fraction of sp³-hybridized carbons (Fsp3) is 0.579. The number of ether oxygens (including phenoxy) is 1. The number of nitrogens with two attached hydrogens (primary N) is 1. The molecule has 0 bridgehead atoms. The molecule has 2 N–H and O–H groups in total. The summed E-state index contributed by atoms with van der Waals surface area (Å²) in [6.07, 6.45) is 5.68. The maximum absolute atomic E-state index is 13.4. The summed E-state index contributed by atoms with van der Waals surface area (Å²) in [5.74, 6) is 6.05. The van der Waals surface area contributed by atoms with E-state index in [-0.39, 0.29) is 11.2 Å². The van der Waals surface area contributed by atoms with E-state index in [9.17, 15) is 4.21 Å². The number of guanidine groups is 1. The number of rotatable bonds is 3. The van der Waals surface area contributed by atoms with E-state index in [4.69, 9.17) is 15.5 Å². The highest BCUT2D eigenvalue weighted by atomic mass is 32.2. The predicted octanol–water partition coefficient (Wildman–Crippen LogP) is 2.29. The van der Waals surface area contributed by atoms with E-state index in [0.29, 0.717) is 13.0 Å². The molecule has 5 nitrogen and oxygen atoms in total. The van der Waals surface area contributed by atoms with Gasteiger partial charge in [-0.2, -0.15) is 0 Å². The van der Waals surface area contributed by atoms with Crippen LogP contribution in [0.25, 0.3) is 0 Å². The van der Waals surface area contributed by atoms with Crippen LogP contribution in [0.1, 0.15) is 43.7 Å². The van der Waals surface area contributed by atoms with E-state index >= 15 is 0 Å². The van der Waals surface area contributed by atoms with E-state index in [1.54, 1.807) is 11.4 Å². The highest BCUT2D eigenvalue weighted by molar-refractivity contribution is 7.99. The molecular weight excluding hydrogens is 334 g/mol. The topological polar surface area (TPSA) is 67.9 Å². The summed E-state index contributed by atoms with van der Waals surface area (Å²) in [5.41, 5.74) is 7.73. The van der Waals surface area contributed by atoms with Crippen LogP contribution in [0.5, 0.6) is 5.75 Å². The van der Waals surface area contributed by atoms with Crippen LogP contribution in [0.2, 0.25) is 0 Å². The van der Waals surface area contributed by atoms with Crippen molar-refractivity contribution >= 4 is 21.5 Å². The zero-order valence-corrected chi connectivity index (χ0v) is 15.8. The summed E-state index contributed by atoms with van der Waals surface area (Å²) in [4.78, 5) is 4.78. The van der Waals surface area contributed by atoms with Crippen molar-refractivity contribution in [1.29, 1.82) is 0 Å². The third-order valence-corrected chi connectivity index (χ3v) is 8.67. The van der Waals surface area contributed by atoms with Gasteiger partial charge in [0.1, 0.15) is 11.3 Å². The van der Waals surface area contributed by atoms with Crippen molar-refractivity contribution < 1.29 is 8.95 Å². The van der Waals surface area contributed by atoms with E-state index in [1.807, 2.05) is 13.0 Å². The summed E-state index contributed by atoms with van der Waals surface area (Å²) in [6.45, 7) is 2.55. The number of aryl methyl sites for hydroxylation is 1. The molecule has 0 spiro atoms. The Bertz CT molecular complexity index is 829. The Balaban J connectivity index is 1.81. The van der Waals surface area contributed by atoms with Crippen LogP contribution in [0.15, 0.2) is 23.2 Å². The lowest BCUT2D eigenvalue weighted by Gasteiger charge is -2.43. The average molecular weight is 362 g/mol. The molecule has 1 aromatic carbocycles. The Morgan fingerprint density at radius 1 is 1.44 bits per heavy atom. The first-order valence-electron chi connectivity index (χ1n) is 9.04. The number of hydrogen-bond donors (Lipinski definition) is 1. The smallest absolute Gasteiger partial charge is 0.203 e. The highest BCUT2D eigenvalue weighted by Crippen LogP contribution is 2.45. The van der Waals surface area contributed by atoms with Gasteiger partial charge in [-0.25, -0.2) is 9.20 Å². The van der Waals surface area contributed by atoms with Crippen LogP contribution < -0.4 is 10.5 Å². The molecule has 2 heterocycles. The molecular formula is C19H27N3O2S. The maximum Gasteiger partial charge on any atom is 0.203 e. The average Bonchev–Trinajstić information content (AvgIpc) is 3.39. The van der Waals surface area contributed by atoms with Crippen molar-refractivity contribution in [2.24, 2.45) is 16.6 Å². The van der Waals surface area contributed by atoms with Gasteiger partial charge in [0.15, 0.2) is 0 Å². The molecule has 1 saturated carbocycles. The van der Waals surface area contributed by atoms with Crippen molar-refractivity contribution in [3.05, 3.63) is 29.3 Å². The van der Waals surface area contributed by atoms with Gasteiger partial charge in [-0.3, -0.25) is 4.31 Å². The van der Waals surface area contributed by atoms with E-state index in [1.165, 1.54) is 24.8 Å². The third-order valence-electron chi connectivity index (χ3n) is 5.97. The van der Waals surface area contributed by atoms with Crippen LogP contribution in [0.3, 0.4) is 0 Å². The van der Waals surface area contributed by atoms with E-state index < -0.39 is 15.2 Å². The Labute approximate surface area is 150 Å². The lowest BCUT2D eigenvalue weighted by molar-refractivity contribution is 0.312. The number of hydrogen-bond acceptors (Lipinski definition) is 4. The first-order valence-corrected chi connectivity index (χ1v) is 10.8. The minimum atomic E-state index is -2.57. The number of fused-ring (bicyclic) bond motifs is 3. The van der Waals surface area contributed by atoms with E-state index in [2.05, 4.69) is 18.0 Å². The molecule has 3 atom stereocenters. The van der Waals surface area contributed by atoms with Gasteiger partial charge in [0, 0.05) is 12.6 Å². The maximum atomic E-state index is 13.4. The second kappa shape index (κ2) is 5.66. The monoisotopic (exact) mass is 361 g/mol. The minimum absolute atomic E-state index is 0.225. The molecule has 1 fully saturated rings. The molecule has 6 heteroatoms. The summed E-state index contributed by atoms with van der Waals surface area (Å²) >= 11 is 0. The van der Waals surface area contributed by atoms with Crippen molar-refractivity contribution in [3.63, 3.8) is 0 Å². The molecule has 4 rings (SSSR count). The second-order valence-corrected chi connectivity index (χ2v) is 10.2. The van der Waals surface area contributed by atoms with E-state index in [0.717, 1.165) is 23.7 Å². The van der Waals surface area contributed by atoms with Crippen molar-refractivity contribution in [2.75, 3.05) is 13.7 Å². The van der Waals surface area contributed by atoms with Crippen molar-refractivity contribution in [2.45, 2.75) is 49.8 Å². The molecule has 2 unspecified atom stereocenters. The SMILES string of the molecule is C=S1(=O)C2CCOc3ccc(CCC4CC4)cc3[C@@]2(C)N=C(N)N1C. The lowest BCUT2D eigenvalue weighted by atomic mass is 9.86. The molecule has 0 amide bonds. The predicted molar refractivity (Wildman–Crippen MR) is 103 cm³/mol. The van der Waals surface area contributed by atoms with Crippen LogP contribution in [-0.2, 0) is 21.7 Å². The van der Waals surface area contributed by atoms with Gasteiger partial charge < -0.3 is 10.5 Å². The van der Waals surface area contributed by atoms with Crippen LogP contribution >= 0.6 is 0 Å². The molecule has 2 aliphatic heterocycles. The fourth-order valence-corrected chi connectivity index (χ4v) is 6.19. The molecule has 3 aliphatic rings. The third kappa shape index (κ3) is 2.71. The van der Waals surface area contributed by atoms with Gasteiger partial charge >= 0.3 is 0 Å². The molecule has 1 aromatic rings. The van der Waals surface area contributed by atoms with Crippen molar-refractivity contribution in [1.82, 2.24) is 4.31 Å². The number of benzene rings is 1. The largest absolute Gasteiger partial charge is 0.493 e. The van der Waals surface area contributed by atoms with Gasteiger partial charge in [-0.15, -0.1) is 0 Å². The van der Waals surface area contributed by atoms with Gasteiger partial charge in [0.2, 0.25) is 5.96 Å². The Morgan fingerprint density at radius 3 is 2.92 bits per heavy atom. The standard InChI is InChI=1S/C19H27N3O2S/c1-19-15-12-14(7-6-13-4-5-13)8-9-16(15)24-11-10-17(19)25(3,23)22(2)18(20)21-19/h8-9,12-13,17H,3-7,10-11H2,1-2H3,(H2,20,21)/t17?,19-,25?/m1/s1. The lowest BCUT2D eigenvalue weighted by Crippen LogP contribution is -2.56. The molecule has 1 aliphatic carbocycles. The van der Waals surface area contributed by atoms with Crippen LogP contribution in [-0.4, -0.2) is 39.2 Å². The summed E-state index contributed by atoms with van der Waals surface area (Å²) in [6, 6.07) is 6.38. The molecule has 0 saturated heterocycles.